The van der Waals surface area contributed by atoms with Gasteiger partial charge < -0.3 is 9.64 Å². The van der Waals surface area contributed by atoms with E-state index in [1.807, 2.05) is 11.0 Å². The Balaban J connectivity index is 1.96. The molecule has 2 aromatic rings. The van der Waals surface area contributed by atoms with Crippen LogP contribution in [0, 0.1) is 0 Å². The van der Waals surface area contributed by atoms with Crippen LogP contribution in [0.1, 0.15) is 29.0 Å². The fourth-order valence-electron chi connectivity index (χ4n) is 3.25. The van der Waals surface area contributed by atoms with Gasteiger partial charge in [-0.1, -0.05) is 54.6 Å². The van der Waals surface area contributed by atoms with Gasteiger partial charge in [0.25, 0.3) is 0 Å². The Hall–Kier alpha value is -2.29. The number of benzene rings is 2. The van der Waals surface area contributed by atoms with Crippen LogP contribution in [0.5, 0.6) is 0 Å². The first-order chi connectivity index (χ1) is 10.8. The van der Waals surface area contributed by atoms with Gasteiger partial charge in [0.15, 0.2) is 0 Å². The van der Waals surface area contributed by atoms with Crippen molar-refractivity contribution in [3.8, 4) is 0 Å². The number of carbonyl (C=O) groups is 1. The molecule has 3 rings (SSSR count). The molecule has 114 valence electrons. The van der Waals surface area contributed by atoms with Gasteiger partial charge in [-0.3, -0.25) is 0 Å². The van der Waals surface area contributed by atoms with Crippen molar-refractivity contribution in [2.24, 2.45) is 0 Å². The number of carbonyl (C=O) groups excluding carboxylic acids is 1. The summed E-state index contributed by atoms with van der Waals surface area (Å²) in [7, 11) is 1.45. The average Bonchev–Trinajstić information content (AvgIpc) is 2.56. The summed E-state index contributed by atoms with van der Waals surface area (Å²) in [6, 6.07) is 19.1. The highest BCUT2D eigenvalue weighted by molar-refractivity contribution is 5.67. The summed E-state index contributed by atoms with van der Waals surface area (Å²) in [5.74, 6) is 0.324. The molecular formula is C19H21NO2. The lowest BCUT2D eigenvalue weighted by molar-refractivity contribution is 0.122. The maximum absolute atomic E-state index is 11.9. The van der Waals surface area contributed by atoms with Crippen molar-refractivity contribution in [2.75, 3.05) is 20.2 Å². The molecule has 0 spiro atoms. The van der Waals surface area contributed by atoms with Crippen LogP contribution in [-0.4, -0.2) is 31.2 Å². The van der Waals surface area contributed by atoms with Crippen LogP contribution in [0.3, 0.4) is 0 Å². The van der Waals surface area contributed by atoms with E-state index in [1.165, 1.54) is 23.8 Å². The second kappa shape index (κ2) is 6.65. The average molecular weight is 295 g/mol. The highest BCUT2D eigenvalue weighted by Gasteiger charge is 2.24. The van der Waals surface area contributed by atoms with Gasteiger partial charge in [-0.2, -0.15) is 0 Å². The zero-order valence-corrected chi connectivity index (χ0v) is 12.9. The van der Waals surface area contributed by atoms with Gasteiger partial charge in [-0.05, 0) is 29.5 Å². The van der Waals surface area contributed by atoms with E-state index in [1.54, 1.807) is 0 Å². The van der Waals surface area contributed by atoms with E-state index in [2.05, 4.69) is 48.5 Å². The van der Waals surface area contributed by atoms with E-state index in [0.29, 0.717) is 12.5 Å². The molecule has 1 atom stereocenters. The quantitative estimate of drug-likeness (QED) is 0.800. The van der Waals surface area contributed by atoms with Crippen molar-refractivity contribution >= 4 is 6.09 Å². The molecule has 22 heavy (non-hydrogen) atoms. The SMILES string of the molecule is COC(=O)N1CCc2ccccc2C(c2ccccc2)CC1. The van der Waals surface area contributed by atoms with Gasteiger partial charge in [0, 0.05) is 19.0 Å². The fourth-order valence-corrected chi connectivity index (χ4v) is 3.25. The molecule has 1 aliphatic heterocycles. The number of methoxy groups -OCH3 is 1. The zero-order chi connectivity index (χ0) is 15.4. The first kappa shape index (κ1) is 14.6. The first-order valence-electron chi connectivity index (χ1n) is 7.75. The van der Waals surface area contributed by atoms with E-state index in [-0.39, 0.29) is 6.09 Å². The monoisotopic (exact) mass is 295 g/mol. The summed E-state index contributed by atoms with van der Waals surface area (Å²) < 4.78 is 4.90. The third kappa shape index (κ3) is 2.98. The lowest BCUT2D eigenvalue weighted by atomic mass is 9.84. The van der Waals surface area contributed by atoms with Crippen LogP contribution < -0.4 is 0 Å². The number of amides is 1. The molecule has 0 bridgehead atoms. The Morgan fingerprint density at radius 1 is 1.05 bits per heavy atom. The largest absolute Gasteiger partial charge is 0.453 e. The number of ether oxygens (including phenoxy) is 1. The first-order valence-corrected chi connectivity index (χ1v) is 7.75. The van der Waals surface area contributed by atoms with Crippen LogP contribution >= 0.6 is 0 Å². The summed E-state index contributed by atoms with van der Waals surface area (Å²) in [4.78, 5) is 13.7. The summed E-state index contributed by atoms with van der Waals surface area (Å²) in [5, 5.41) is 0. The molecule has 1 heterocycles. The minimum absolute atomic E-state index is 0.230. The Labute approximate surface area is 131 Å². The molecule has 0 saturated heterocycles. The van der Waals surface area contributed by atoms with Crippen LogP contribution in [0.4, 0.5) is 4.79 Å². The molecule has 0 radical (unpaired) electrons. The van der Waals surface area contributed by atoms with E-state index in [4.69, 9.17) is 4.74 Å². The topological polar surface area (TPSA) is 29.5 Å². The summed E-state index contributed by atoms with van der Waals surface area (Å²) >= 11 is 0. The number of hydrogen-bond donors (Lipinski definition) is 0. The van der Waals surface area contributed by atoms with Gasteiger partial charge >= 0.3 is 6.09 Å². The number of rotatable bonds is 1. The fraction of sp³-hybridized carbons (Fsp3) is 0.316. The van der Waals surface area contributed by atoms with Crippen molar-refractivity contribution in [3.63, 3.8) is 0 Å². The van der Waals surface area contributed by atoms with Crippen molar-refractivity contribution in [2.45, 2.75) is 18.8 Å². The third-order valence-electron chi connectivity index (χ3n) is 4.40. The van der Waals surface area contributed by atoms with Crippen LogP contribution in [0.25, 0.3) is 0 Å². The molecule has 0 aliphatic carbocycles. The molecule has 0 N–H and O–H groups in total. The molecule has 0 aromatic heterocycles. The Morgan fingerprint density at radius 2 is 1.77 bits per heavy atom. The number of fused-ring (bicyclic) bond motifs is 1. The molecule has 3 heteroatoms. The van der Waals surface area contributed by atoms with Gasteiger partial charge in [0.2, 0.25) is 0 Å². The predicted molar refractivity (Wildman–Crippen MR) is 87.0 cm³/mol. The smallest absolute Gasteiger partial charge is 0.409 e. The molecular weight excluding hydrogens is 274 g/mol. The lowest BCUT2D eigenvalue weighted by Crippen LogP contribution is -2.36. The zero-order valence-electron chi connectivity index (χ0n) is 12.9. The highest BCUT2D eigenvalue weighted by Crippen LogP contribution is 2.32. The second-order valence-electron chi connectivity index (χ2n) is 5.66. The molecule has 0 saturated carbocycles. The van der Waals surface area contributed by atoms with Gasteiger partial charge in [-0.25, -0.2) is 4.79 Å². The standard InChI is InChI=1S/C19H21NO2/c1-22-19(21)20-13-11-16-9-5-6-10-17(16)18(12-14-20)15-7-3-2-4-8-15/h2-10,18H,11-14H2,1H3. The maximum atomic E-state index is 11.9. The van der Waals surface area contributed by atoms with E-state index >= 15 is 0 Å². The van der Waals surface area contributed by atoms with Crippen molar-refractivity contribution in [1.82, 2.24) is 4.90 Å². The Morgan fingerprint density at radius 3 is 2.55 bits per heavy atom. The van der Waals surface area contributed by atoms with Crippen LogP contribution in [0.15, 0.2) is 54.6 Å². The van der Waals surface area contributed by atoms with Crippen molar-refractivity contribution in [3.05, 3.63) is 71.3 Å². The normalized spacial score (nSPS) is 18.0. The van der Waals surface area contributed by atoms with Gasteiger partial charge in [0.05, 0.1) is 7.11 Å². The molecule has 1 aliphatic rings. The third-order valence-corrected chi connectivity index (χ3v) is 4.40. The predicted octanol–water partition coefficient (Wildman–Crippen LogP) is 3.83. The molecule has 3 nitrogen and oxygen atoms in total. The lowest BCUT2D eigenvalue weighted by Gasteiger charge is -2.29. The minimum Gasteiger partial charge on any atom is -0.453 e. The van der Waals surface area contributed by atoms with Crippen molar-refractivity contribution < 1.29 is 9.53 Å². The molecule has 2 aromatic carbocycles. The van der Waals surface area contributed by atoms with Crippen LogP contribution in [0.2, 0.25) is 0 Å². The number of nitrogens with zero attached hydrogens (tertiary/aromatic N) is 1. The molecule has 1 unspecified atom stereocenters. The van der Waals surface area contributed by atoms with Gasteiger partial charge in [0.1, 0.15) is 0 Å². The Bertz CT molecular complexity index is 639. The molecule has 1 amide bonds. The summed E-state index contributed by atoms with van der Waals surface area (Å²) in [6.45, 7) is 1.44. The van der Waals surface area contributed by atoms with Gasteiger partial charge in [-0.15, -0.1) is 0 Å². The maximum Gasteiger partial charge on any atom is 0.409 e. The molecule has 0 fully saturated rings. The highest BCUT2D eigenvalue weighted by atomic mass is 16.5. The minimum atomic E-state index is -0.230. The van der Waals surface area contributed by atoms with Crippen molar-refractivity contribution in [1.29, 1.82) is 0 Å². The number of hydrogen-bond acceptors (Lipinski definition) is 2. The van der Waals surface area contributed by atoms with Crippen LogP contribution in [-0.2, 0) is 11.2 Å². The second-order valence-corrected chi connectivity index (χ2v) is 5.66. The van der Waals surface area contributed by atoms with E-state index in [9.17, 15) is 4.79 Å². The summed E-state index contributed by atoms with van der Waals surface area (Å²) in [6.07, 6.45) is 1.55. The van der Waals surface area contributed by atoms with E-state index < -0.39 is 0 Å². The summed E-state index contributed by atoms with van der Waals surface area (Å²) in [5.41, 5.74) is 4.02. The van der Waals surface area contributed by atoms with E-state index in [0.717, 1.165) is 19.4 Å². The Kier molecular flexibility index (Phi) is 4.42.